The predicted octanol–water partition coefficient (Wildman–Crippen LogP) is 7.34. The van der Waals surface area contributed by atoms with E-state index in [0.29, 0.717) is 37.6 Å². The highest BCUT2D eigenvalue weighted by atomic mass is 79.9. The molecular formula is C36H43BrCl2F2N2O12S2. The van der Waals surface area contributed by atoms with E-state index in [1.807, 2.05) is 0 Å². The van der Waals surface area contributed by atoms with Gasteiger partial charge in [0.1, 0.15) is 27.7 Å². The minimum Gasteiger partial charge on any atom is -0.463 e. The maximum Gasteiger partial charge on any atom is 0.335 e. The highest BCUT2D eigenvalue weighted by molar-refractivity contribution is 9.09. The summed E-state index contributed by atoms with van der Waals surface area (Å²) in [5.74, 6) is -3.53. The highest BCUT2D eigenvalue weighted by Gasteiger charge is 2.40. The zero-order valence-electron chi connectivity index (χ0n) is 31.4. The molecule has 0 saturated heterocycles. The third-order valence-corrected chi connectivity index (χ3v) is 12.5. The van der Waals surface area contributed by atoms with Crippen LogP contribution in [0.1, 0.15) is 66.2 Å². The van der Waals surface area contributed by atoms with Crippen molar-refractivity contribution < 1.29 is 63.7 Å². The first-order valence-electron chi connectivity index (χ1n) is 17.3. The van der Waals surface area contributed by atoms with Crippen LogP contribution >= 0.6 is 39.1 Å². The van der Waals surface area contributed by atoms with Gasteiger partial charge in [-0.3, -0.25) is 14.3 Å². The lowest BCUT2D eigenvalue weighted by molar-refractivity contribution is -0.141. The molecule has 0 amide bonds. The number of benzene rings is 2. The molecular weight excluding hydrogens is 905 g/mol. The van der Waals surface area contributed by atoms with E-state index < -0.39 is 66.8 Å². The van der Waals surface area contributed by atoms with E-state index >= 15 is 0 Å². The van der Waals surface area contributed by atoms with Gasteiger partial charge >= 0.3 is 23.9 Å². The summed E-state index contributed by atoms with van der Waals surface area (Å²) in [6.45, 7) is 5.37. The molecule has 0 heterocycles. The van der Waals surface area contributed by atoms with Crippen LogP contribution in [0.2, 0.25) is 10.0 Å². The smallest absolute Gasteiger partial charge is 0.335 e. The van der Waals surface area contributed by atoms with Crippen molar-refractivity contribution in [3.63, 3.8) is 0 Å². The third-order valence-electron chi connectivity index (χ3n) is 7.83. The molecule has 0 aromatic heterocycles. The molecule has 14 nitrogen and oxygen atoms in total. The molecule has 2 aliphatic rings. The molecule has 4 rings (SSSR count). The minimum atomic E-state index is -4.24. The van der Waals surface area contributed by atoms with Crippen molar-refractivity contribution in [3.05, 3.63) is 81.4 Å². The van der Waals surface area contributed by atoms with E-state index in [0.717, 1.165) is 35.5 Å². The third kappa shape index (κ3) is 15.2. The predicted molar refractivity (Wildman–Crippen MR) is 214 cm³/mol. The molecule has 2 aromatic rings. The summed E-state index contributed by atoms with van der Waals surface area (Å²) in [5.41, 5.74) is 0.463. The number of alkyl halides is 1. The molecule has 0 fully saturated rings. The van der Waals surface area contributed by atoms with Crippen molar-refractivity contribution in [2.75, 3.05) is 34.5 Å². The number of halogens is 5. The zero-order chi connectivity index (χ0) is 42.9. The van der Waals surface area contributed by atoms with Crippen LogP contribution in [0, 0.1) is 11.6 Å². The number of nitrogens with one attached hydrogen (secondary N) is 1. The second kappa shape index (κ2) is 23.6. The van der Waals surface area contributed by atoms with Crippen molar-refractivity contribution in [2.45, 2.75) is 76.7 Å². The van der Waals surface area contributed by atoms with E-state index in [9.17, 15) is 44.8 Å². The van der Waals surface area contributed by atoms with E-state index in [1.165, 1.54) is 19.1 Å². The van der Waals surface area contributed by atoms with Gasteiger partial charge in [0.05, 0.1) is 45.8 Å². The molecule has 1 N–H and O–H groups in total. The van der Waals surface area contributed by atoms with Gasteiger partial charge in [-0.15, -0.1) is 0 Å². The average molecular weight is 949 g/mol. The summed E-state index contributed by atoms with van der Waals surface area (Å²) in [6.07, 6.45) is 5.98. The molecule has 2 unspecified atom stereocenters. The number of nitrogens with zero attached hydrogens (tertiary/aromatic N) is 1. The van der Waals surface area contributed by atoms with Crippen LogP contribution in [0.15, 0.2) is 59.7 Å². The average Bonchev–Trinajstić information content (AvgIpc) is 3.14. The fourth-order valence-electron chi connectivity index (χ4n) is 5.33. The Bertz CT molecular complexity index is 2040. The van der Waals surface area contributed by atoms with Crippen LogP contribution in [0.25, 0.3) is 0 Å². The molecule has 2 aliphatic carbocycles. The molecule has 21 heteroatoms. The number of hydrogen-bond donors (Lipinski definition) is 1. The second-order valence-electron chi connectivity index (χ2n) is 11.9. The lowest BCUT2D eigenvalue weighted by Gasteiger charge is -2.31. The number of anilines is 2. The first-order valence-corrected chi connectivity index (χ1v) is 22.2. The maximum absolute atomic E-state index is 13.4. The summed E-state index contributed by atoms with van der Waals surface area (Å²) < 4.78 is 101. The van der Waals surface area contributed by atoms with Gasteiger partial charge in [-0.2, -0.15) is 0 Å². The van der Waals surface area contributed by atoms with Gasteiger partial charge in [0, 0.05) is 13.8 Å². The molecule has 57 heavy (non-hydrogen) atoms. The van der Waals surface area contributed by atoms with Gasteiger partial charge in [0.15, 0.2) is 6.73 Å². The Morgan fingerprint density at radius 2 is 1.26 bits per heavy atom. The quantitative estimate of drug-likeness (QED) is 0.0912. The van der Waals surface area contributed by atoms with Crippen LogP contribution in [0.5, 0.6) is 0 Å². The number of ether oxygens (including phenoxy) is 4. The molecule has 2 atom stereocenters. The lowest BCUT2D eigenvalue weighted by Crippen LogP contribution is -2.43. The summed E-state index contributed by atoms with van der Waals surface area (Å²) in [6, 6.07) is 6.53. The second-order valence-corrected chi connectivity index (χ2v) is 17.0. The number of hydrogen-bond acceptors (Lipinski definition) is 12. The monoisotopic (exact) mass is 946 g/mol. The van der Waals surface area contributed by atoms with Gasteiger partial charge in [0.2, 0.25) is 20.0 Å². The van der Waals surface area contributed by atoms with Gasteiger partial charge in [0.25, 0.3) is 0 Å². The normalized spacial score (nSPS) is 16.4. The van der Waals surface area contributed by atoms with Crippen LogP contribution in [-0.4, -0.2) is 76.7 Å². The number of carbonyl (C=O) groups is 4. The van der Waals surface area contributed by atoms with Crippen LogP contribution in [0.4, 0.5) is 20.2 Å². The Morgan fingerprint density at radius 1 is 0.772 bits per heavy atom. The Balaban J connectivity index is 0.000000349. The van der Waals surface area contributed by atoms with Gasteiger partial charge < -0.3 is 18.9 Å². The molecule has 2 aromatic carbocycles. The molecule has 0 bridgehead atoms. The molecule has 0 radical (unpaired) electrons. The minimum absolute atomic E-state index is 0.0270. The lowest BCUT2D eigenvalue weighted by atomic mass is 9.99. The Morgan fingerprint density at radius 3 is 1.72 bits per heavy atom. The van der Waals surface area contributed by atoms with Crippen molar-refractivity contribution in [3.8, 4) is 0 Å². The number of rotatable bonds is 13. The number of allylic oxidation sites excluding steroid dienone is 2. The van der Waals surface area contributed by atoms with Crippen molar-refractivity contribution in [1.82, 2.24) is 0 Å². The Kier molecular flexibility index (Phi) is 20.4. The molecule has 0 spiro atoms. The largest absolute Gasteiger partial charge is 0.463 e. The fourth-order valence-corrected chi connectivity index (χ4v) is 9.79. The summed E-state index contributed by atoms with van der Waals surface area (Å²) in [7, 11) is -8.15. The van der Waals surface area contributed by atoms with Crippen LogP contribution < -0.4 is 9.03 Å². The number of carbonyl (C=O) groups excluding carboxylic acids is 4. The van der Waals surface area contributed by atoms with Gasteiger partial charge in [-0.05, 0) is 105 Å². The van der Waals surface area contributed by atoms with E-state index in [1.54, 1.807) is 26.0 Å². The Hall–Kier alpha value is -3.78. The van der Waals surface area contributed by atoms with Crippen molar-refractivity contribution in [1.29, 1.82) is 0 Å². The molecule has 0 saturated carbocycles. The van der Waals surface area contributed by atoms with E-state index in [2.05, 4.69) is 25.4 Å². The van der Waals surface area contributed by atoms with E-state index in [4.69, 9.17) is 37.4 Å². The van der Waals surface area contributed by atoms with Crippen molar-refractivity contribution >= 4 is 94.4 Å². The first kappa shape index (κ1) is 49.4. The standard InChI is InChI=1S/C18H21ClFNO6S.C15H17ClFNO4S.C3H5BrO2/c1-3-26-18(23)14-6-4-5-7-17(14)28(24,25)21(11-27-12(2)22)16-9-8-13(20)10-15(16)19;1-2-22-15(19)11-5-3-4-6-14(11)23(20,21)18-13-8-7-10(17)9-12(13)16;1-3(5)6-2-4/h6,8-10,17H,3-5,7,11H2,1-2H3;5,7-9,14,18H,2-4,6H2,1H3;2H2,1H3. The number of sulfonamides is 2. The van der Waals surface area contributed by atoms with E-state index in [-0.39, 0.29) is 58.2 Å². The van der Waals surface area contributed by atoms with Crippen LogP contribution in [-0.2, 0) is 58.2 Å². The SMILES string of the molecule is CC(=O)OCBr.CCOC(=O)C1=CCCCC1S(=O)(=O)N(COC(C)=O)c1ccc(F)cc1Cl.CCOC(=O)C1=CCCCC1S(=O)(=O)Nc1ccc(F)cc1Cl. The highest BCUT2D eigenvalue weighted by Crippen LogP contribution is 2.35. The maximum atomic E-state index is 13.4. The Labute approximate surface area is 349 Å². The van der Waals surface area contributed by atoms with Crippen LogP contribution in [0.3, 0.4) is 0 Å². The van der Waals surface area contributed by atoms with Gasteiger partial charge in [-0.25, -0.2) is 39.5 Å². The number of esters is 4. The topological polar surface area (TPSA) is 189 Å². The zero-order valence-corrected chi connectivity index (χ0v) is 36.1. The van der Waals surface area contributed by atoms with Crippen molar-refractivity contribution in [2.24, 2.45) is 0 Å². The summed E-state index contributed by atoms with van der Waals surface area (Å²) in [5, 5.41) is -2.44. The summed E-state index contributed by atoms with van der Waals surface area (Å²) >= 11 is 14.8. The summed E-state index contributed by atoms with van der Waals surface area (Å²) in [4.78, 5) is 45.3. The fraction of sp³-hybridized carbons (Fsp3) is 0.444. The van der Waals surface area contributed by atoms with Gasteiger partial charge in [-0.1, -0.05) is 35.4 Å². The molecule has 0 aliphatic heterocycles. The molecule has 316 valence electrons. The first-order chi connectivity index (χ1) is 26.8.